The molecule has 4 aromatic rings. The van der Waals surface area contributed by atoms with Gasteiger partial charge in [-0.25, -0.2) is 4.98 Å². The summed E-state index contributed by atoms with van der Waals surface area (Å²) in [6.07, 6.45) is 1.53. The lowest BCUT2D eigenvalue weighted by atomic mass is 10.1. The Bertz CT molecular complexity index is 1590. The number of anilines is 1. The summed E-state index contributed by atoms with van der Waals surface area (Å²) < 4.78 is 30.7. The van der Waals surface area contributed by atoms with Gasteiger partial charge in [-0.15, -0.1) is 4.40 Å². The molecule has 0 radical (unpaired) electrons. The van der Waals surface area contributed by atoms with Crippen molar-refractivity contribution in [1.82, 2.24) is 9.55 Å². The second-order valence-electron chi connectivity index (χ2n) is 7.51. The Morgan fingerprint density at radius 2 is 1.88 bits per heavy atom. The Morgan fingerprint density at radius 3 is 2.69 bits per heavy atom. The SMILES string of the molecule is Cc1cccc(Cn2c(=O)c(C3=NS(=O)(=O)c4ccccc4N3)c(O)c3cccnc32)c1. The van der Waals surface area contributed by atoms with Gasteiger partial charge in [-0.1, -0.05) is 42.0 Å². The lowest BCUT2D eigenvalue weighted by Gasteiger charge is -2.20. The number of pyridine rings is 2. The zero-order valence-electron chi connectivity index (χ0n) is 17.0. The van der Waals surface area contributed by atoms with Crippen LogP contribution >= 0.6 is 0 Å². The number of aromatic hydroxyl groups is 1. The Kier molecular flexibility index (Phi) is 4.56. The fraction of sp³-hybridized carbons (Fsp3) is 0.0870. The minimum atomic E-state index is -4.05. The van der Waals surface area contributed by atoms with Crippen molar-refractivity contribution in [2.45, 2.75) is 18.4 Å². The highest BCUT2D eigenvalue weighted by atomic mass is 32.2. The molecule has 1 aliphatic rings. The van der Waals surface area contributed by atoms with Gasteiger partial charge in [0.1, 0.15) is 21.9 Å². The number of hydrogen-bond acceptors (Lipinski definition) is 6. The normalized spacial score (nSPS) is 14.5. The zero-order valence-corrected chi connectivity index (χ0v) is 17.8. The quantitative estimate of drug-likeness (QED) is 0.500. The Morgan fingerprint density at radius 1 is 1.06 bits per heavy atom. The lowest BCUT2D eigenvalue weighted by molar-refractivity contribution is 0.477. The maximum absolute atomic E-state index is 13.6. The average Bonchev–Trinajstić information content (AvgIpc) is 2.76. The Balaban J connectivity index is 1.77. The third-order valence-corrected chi connectivity index (χ3v) is 6.62. The number of rotatable bonds is 3. The third kappa shape index (κ3) is 3.23. The first kappa shape index (κ1) is 20.0. The van der Waals surface area contributed by atoms with Gasteiger partial charge >= 0.3 is 0 Å². The van der Waals surface area contributed by atoms with Crippen LogP contribution in [-0.2, 0) is 16.6 Å². The smallest absolute Gasteiger partial charge is 0.286 e. The molecule has 0 saturated heterocycles. The molecule has 1 aliphatic heterocycles. The molecule has 5 rings (SSSR count). The molecule has 2 aromatic heterocycles. The third-order valence-electron chi connectivity index (χ3n) is 5.28. The van der Waals surface area contributed by atoms with E-state index in [1.165, 1.54) is 16.8 Å². The van der Waals surface area contributed by atoms with Crippen LogP contribution in [0, 0.1) is 6.92 Å². The molecule has 9 heteroatoms. The number of nitrogens with zero attached hydrogens (tertiary/aromatic N) is 3. The number of aryl methyl sites for hydroxylation is 1. The number of amidine groups is 1. The molecular weight excluding hydrogens is 428 g/mol. The van der Waals surface area contributed by atoms with E-state index in [-0.39, 0.29) is 34.3 Å². The molecule has 0 atom stereocenters. The molecule has 2 aromatic carbocycles. The topological polar surface area (TPSA) is 114 Å². The van der Waals surface area contributed by atoms with E-state index in [0.717, 1.165) is 11.1 Å². The summed E-state index contributed by atoms with van der Waals surface area (Å²) in [6.45, 7) is 2.14. The number of sulfonamides is 1. The summed E-state index contributed by atoms with van der Waals surface area (Å²) in [5, 5.41) is 14.2. The van der Waals surface area contributed by atoms with Crippen LogP contribution in [0.2, 0.25) is 0 Å². The standard InChI is InChI=1S/C23H18N4O4S/c1-14-6-4-7-15(12-14)13-27-22-16(8-5-11-24-22)20(28)19(23(27)29)21-25-17-9-2-3-10-18(17)32(30,31)26-21/h2-12,28H,13H2,1H3,(H,25,26). The number of hydrogen-bond donors (Lipinski definition) is 2. The minimum Gasteiger partial charge on any atom is -0.506 e. The van der Waals surface area contributed by atoms with Crippen LogP contribution in [0.3, 0.4) is 0 Å². The van der Waals surface area contributed by atoms with E-state index in [4.69, 9.17) is 0 Å². The average molecular weight is 446 g/mol. The number of benzene rings is 2. The van der Waals surface area contributed by atoms with Gasteiger partial charge in [-0.2, -0.15) is 8.42 Å². The second-order valence-corrected chi connectivity index (χ2v) is 9.09. The van der Waals surface area contributed by atoms with Gasteiger partial charge in [0.25, 0.3) is 15.6 Å². The van der Waals surface area contributed by atoms with E-state index in [9.17, 15) is 18.3 Å². The van der Waals surface area contributed by atoms with Crippen molar-refractivity contribution in [3.05, 3.63) is 93.9 Å². The summed E-state index contributed by atoms with van der Waals surface area (Å²) >= 11 is 0. The van der Waals surface area contributed by atoms with Crippen molar-refractivity contribution < 1.29 is 13.5 Å². The Labute approximate surface area is 183 Å². The zero-order chi connectivity index (χ0) is 22.5. The van der Waals surface area contributed by atoms with Gasteiger partial charge < -0.3 is 10.4 Å². The van der Waals surface area contributed by atoms with Crippen LogP contribution in [0.15, 0.2) is 80.9 Å². The van der Waals surface area contributed by atoms with E-state index in [1.807, 2.05) is 31.2 Å². The van der Waals surface area contributed by atoms with Gasteiger partial charge in [0.15, 0.2) is 5.84 Å². The second kappa shape index (κ2) is 7.31. The van der Waals surface area contributed by atoms with Crippen LogP contribution < -0.4 is 10.9 Å². The summed E-state index contributed by atoms with van der Waals surface area (Å²) in [5.74, 6) is -0.602. The van der Waals surface area contributed by atoms with Crippen LogP contribution in [0.1, 0.15) is 16.7 Å². The first-order valence-corrected chi connectivity index (χ1v) is 11.3. The van der Waals surface area contributed by atoms with Gasteiger partial charge in [-0.05, 0) is 36.8 Å². The highest BCUT2D eigenvalue weighted by molar-refractivity contribution is 7.90. The highest BCUT2D eigenvalue weighted by Crippen LogP contribution is 2.31. The van der Waals surface area contributed by atoms with E-state index < -0.39 is 15.6 Å². The maximum atomic E-state index is 13.6. The Hall–Kier alpha value is -3.98. The van der Waals surface area contributed by atoms with Crippen molar-refractivity contribution in [2.24, 2.45) is 4.40 Å². The van der Waals surface area contributed by atoms with Gasteiger partial charge in [0.2, 0.25) is 0 Å². The van der Waals surface area contributed by atoms with Gasteiger partial charge in [0, 0.05) is 6.20 Å². The van der Waals surface area contributed by atoms with Crippen LogP contribution in [0.5, 0.6) is 5.75 Å². The first-order chi connectivity index (χ1) is 15.3. The molecule has 32 heavy (non-hydrogen) atoms. The molecule has 0 unspecified atom stereocenters. The molecule has 0 saturated carbocycles. The van der Waals surface area contributed by atoms with Crippen molar-refractivity contribution >= 4 is 32.6 Å². The summed E-state index contributed by atoms with van der Waals surface area (Å²) in [7, 11) is -4.05. The van der Waals surface area contributed by atoms with E-state index in [0.29, 0.717) is 11.0 Å². The molecule has 0 amide bonds. The molecule has 160 valence electrons. The number of nitrogens with one attached hydrogen (secondary N) is 1. The highest BCUT2D eigenvalue weighted by Gasteiger charge is 2.29. The van der Waals surface area contributed by atoms with Gasteiger partial charge in [0.05, 0.1) is 17.6 Å². The predicted molar refractivity (Wildman–Crippen MR) is 122 cm³/mol. The largest absolute Gasteiger partial charge is 0.506 e. The number of para-hydroxylation sites is 1. The van der Waals surface area contributed by atoms with Crippen LogP contribution in [-0.4, -0.2) is 28.9 Å². The monoisotopic (exact) mass is 446 g/mol. The van der Waals surface area contributed by atoms with E-state index >= 15 is 0 Å². The lowest BCUT2D eigenvalue weighted by Crippen LogP contribution is -2.33. The molecule has 0 spiro atoms. The minimum absolute atomic E-state index is 0.00535. The molecule has 2 N–H and O–H groups in total. The molecule has 0 fully saturated rings. The molecule has 8 nitrogen and oxygen atoms in total. The molecule has 0 aliphatic carbocycles. The van der Waals surface area contributed by atoms with E-state index in [2.05, 4.69) is 14.7 Å². The van der Waals surface area contributed by atoms with Crippen molar-refractivity contribution in [3.8, 4) is 5.75 Å². The maximum Gasteiger partial charge on any atom is 0.286 e. The summed E-state index contributed by atoms with van der Waals surface area (Å²) in [6, 6.07) is 17.2. The summed E-state index contributed by atoms with van der Waals surface area (Å²) in [5.41, 5.74) is 1.65. The molecular formula is C23H18N4O4S. The van der Waals surface area contributed by atoms with Crippen molar-refractivity contribution in [1.29, 1.82) is 0 Å². The predicted octanol–water partition coefficient (Wildman–Crippen LogP) is 3.02. The van der Waals surface area contributed by atoms with Gasteiger partial charge in [-0.3, -0.25) is 9.36 Å². The summed E-state index contributed by atoms with van der Waals surface area (Å²) in [4.78, 5) is 17.9. The first-order valence-electron chi connectivity index (χ1n) is 9.82. The van der Waals surface area contributed by atoms with Crippen LogP contribution in [0.4, 0.5) is 5.69 Å². The van der Waals surface area contributed by atoms with E-state index in [1.54, 1.807) is 30.3 Å². The number of fused-ring (bicyclic) bond motifs is 2. The molecule has 3 heterocycles. The molecule has 0 bridgehead atoms. The van der Waals surface area contributed by atoms with Crippen LogP contribution in [0.25, 0.3) is 11.0 Å². The number of aromatic nitrogens is 2. The fourth-order valence-electron chi connectivity index (χ4n) is 3.84. The fourth-order valence-corrected chi connectivity index (χ4v) is 4.96. The van der Waals surface area contributed by atoms with Crippen molar-refractivity contribution in [2.75, 3.05) is 5.32 Å². The van der Waals surface area contributed by atoms with Crippen molar-refractivity contribution in [3.63, 3.8) is 0 Å².